The average molecular weight is 445 g/mol. The van der Waals surface area contributed by atoms with Gasteiger partial charge in [-0.2, -0.15) is 0 Å². The molecule has 6 heteroatoms. The normalized spacial score (nSPS) is 16.7. The van der Waals surface area contributed by atoms with E-state index in [1.165, 1.54) is 11.1 Å². The van der Waals surface area contributed by atoms with Gasteiger partial charge in [0.05, 0.1) is 12.2 Å². The van der Waals surface area contributed by atoms with E-state index in [0.717, 1.165) is 17.5 Å². The highest BCUT2D eigenvalue weighted by Gasteiger charge is 2.32. The van der Waals surface area contributed by atoms with Gasteiger partial charge in [-0.1, -0.05) is 61.0 Å². The summed E-state index contributed by atoms with van der Waals surface area (Å²) in [5.41, 5.74) is 5.11. The number of benzene rings is 2. The third kappa shape index (κ3) is 5.33. The summed E-state index contributed by atoms with van der Waals surface area (Å²) in [6.07, 6.45) is 4.88. The molecule has 2 amide bonds. The van der Waals surface area contributed by atoms with Gasteiger partial charge in [0.25, 0.3) is 5.91 Å². The first-order valence-electron chi connectivity index (χ1n) is 11.7. The maximum absolute atomic E-state index is 13.3. The lowest BCUT2D eigenvalue weighted by Crippen LogP contribution is -2.38. The molecule has 0 saturated carbocycles. The number of carbonyl (C=O) groups is 2. The number of hydrogen-bond acceptors (Lipinski definition) is 3. The van der Waals surface area contributed by atoms with Crippen LogP contribution in [0.2, 0.25) is 0 Å². The van der Waals surface area contributed by atoms with Gasteiger partial charge in [-0.05, 0) is 36.5 Å². The van der Waals surface area contributed by atoms with Crippen LogP contribution in [-0.4, -0.2) is 57.3 Å². The van der Waals surface area contributed by atoms with Crippen molar-refractivity contribution in [3.63, 3.8) is 0 Å². The summed E-state index contributed by atoms with van der Waals surface area (Å²) < 4.78 is 1.77. The molecule has 0 N–H and O–H groups in total. The van der Waals surface area contributed by atoms with Gasteiger partial charge in [-0.25, -0.2) is 4.98 Å². The fraction of sp³-hybridized carbons (Fsp3) is 0.370. The van der Waals surface area contributed by atoms with Crippen LogP contribution in [0.15, 0.2) is 61.1 Å². The van der Waals surface area contributed by atoms with Crippen molar-refractivity contribution in [2.75, 3.05) is 26.2 Å². The maximum atomic E-state index is 13.3. The van der Waals surface area contributed by atoms with Crippen LogP contribution >= 0.6 is 0 Å². The molecule has 2 aromatic carbocycles. The lowest BCUT2D eigenvalue weighted by molar-refractivity contribution is -0.134. The summed E-state index contributed by atoms with van der Waals surface area (Å²) in [7, 11) is 1.85. The first kappa shape index (κ1) is 22.8. The molecular formula is C27H32N4O2. The van der Waals surface area contributed by atoms with Crippen molar-refractivity contribution in [2.45, 2.75) is 26.7 Å². The molecule has 0 spiro atoms. The van der Waals surface area contributed by atoms with Gasteiger partial charge in [0.15, 0.2) is 0 Å². The highest BCUT2D eigenvalue weighted by Crippen LogP contribution is 2.23. The van der Waals surface area contributed by atoms with Gasteiger partial charge >= 0.3 is 0 Å². The summed E-state index contributed by atoms with van der Waals surface area (Å²) in [4.78, 5) is 34.4. The van der Waals surface area contributed by atoms with Crippen LogP contribution in [0.25, 0.3) is 11.1 Å². The number of aryl methyl sites for hydroxylation is 2. The molecule has 1 saturated heterocycles. The molecule has 1 aromatic heterocycles. The van der Waals surface area contributed by atoms with Crippen LogP contribution in [-0.2, 0) is 18.3 Å². The van der Waals surface area contributed by atoms with Crippen molar-refractivity contribution in [1.29, 1.82) is 0 Å². The largest absolute Gasteiger partial charge is 0.341 e. The summed E-state index contributed by atoms with van der Waals surface area (Å²) in [5.74, 6) is -0.242. The van der Waals surface area contributed by atoms with E-state index in [0.29, 0.717) is 38.3 Å². The number of carbonyl (C=O) groups excluding carboxylic acids is 2. The van der Waals surface area contributed by atoms with Gasteiger partial charge in [0.2, 0.25) is 5.91 Å². The number of hydrogen-bond donors (Lipinski definition) is 0. The van der Waals surface area contributed by atoms with Crippen LogP contribution < -0.4 is 0 Å². The van der Waals surface area contributed by atoms with Crippen LogP contribution in [0.3, 0.4) is 0 Å². The van der Waals surface area contributed by atoms with E-state index in [1.54, 1.807) is 22.0 Å². The molecule has 0 aliphatic carbocycles. The lowest BCUT2D eigenvalue weighted by atomic mass is 9.95. The molecule has 0 unspecified atom stereocenters. The Bertz CT molecular complexity index is 1120. The topological polar surface area (TPSA) is 58.4 Å². The van der Waals surface area contributed by atoms with Crippen LogP contribution in [0.5, 0.6) is 0 Å². The number of imidazole rings is 1. The maximum Gasteiger partial charge on any atom is 0.274 e. The second kappa shape index (κ2) is 10.0. The SMILES string of the molecule is CCCN1CCN(C(=O)c2cn(C)cn2)C[C@@H](Cc2ccc(-c3cccc(C)c3)cc2)C1=O. The van der Waals surface area contributed by atoms with Gasteiger partial charge in [-0.15, -0.1) is 0 Å². The Hall–Kier alpha value is -3.41. The Labute approximate surface area is 195 Å². The number of aromatic nitrogens is 2. The molecule has 172 valence electrons. The Morgan fingerprint density at radius 2 is 1.88 bits per heavy atom. The van der Waals surface area contributed by atoms with Crippen molar-refractivity contribution < 1.29 is 9.59 Å². The van der Waals surface area contributed by atoms with E-state index in [-0.39, 0.29) is 17.7 Å². The molecule has 0 radical (unpaired) electrons. The standard InChI is InChI=1S/C27H32N4O2/c1-4-12-30-13-14-31(27(33)25-18-29(3)19-28-25)17-24(26(30)32)16-21-8-10-22(11-9-21)23-7-5-6-20(2)15-23/h5-11,15,18-19,24H,4,12-14,16-17H2,1-3H3/t24-/m1/s1. The van der Waals surface area contributed by atoms with Crippen LogP contribution in [0.1, 0.15) is 35.0 Å². The van der Waals surface area contributed by atoms with Crippen LogP contribution in [0, 0.1) is 12.8 Å². The highest BCUT2D eigenvalue weighted by atomic mass is 16.2. The molecule has 6 nitrogen and oxygen atoms in total. The van der Waals surface area contributed by atoms with Gasteiger partial charge in [-0.3, -0.25) is 9.59 Å². The number of nitrogens with zero attached hydrogens (tertiary/aromatic N) is 4. The molecule has 1 fully saturated rings. The molecule has 1 aliphatic heterocycles. The molecule has 33 heavy (non-hydrogen) atoms. The Morgan fingerprint density at radius 1 is 1.09 bits per heavy atom. The highest BCUT2D eigenvalue weighted by molar-refractivity contribution is 5.93. The van der Waals surface area contributed by atoms with Crippen molar-refractivity contribution in [1.82, 2.24) is 19.4 Å². The Balaban J connectivity index is 1.54. The van der Waals surface area contributed by atoms with E-state index in [2.05, 4.69) is 67.4 Å². The third-order valence-corrected chi connectivity index (χ3v) is 6.23. The summed E-state index contributed by atoms with van der Waals surface area (Å²) >= 11 is 0. The first-order valence-corrected chi connectivity index (χ1v) is 11.7. The lowest BCUT2D eigenvalue weighted by Gasteiger charge is -2.23. The minimum absolute atomic E-state index is 0.110. The first-order chi connectivity index (χ1) is 15.9. The molecule has 0 bridgehead atoms. The van der Waals surface area contributed by atoms with E-state index in [1.807, 2.05) is 11.9 Å². The van der Waals surface area contributed by atoms with Gasteiger partial charge in [0, 0.05) is 39.4 Å². The smallest absolute Gasteiger partial charge is 0.274 e. The van der Waals surface area contributed by atoms with E-state index in [4.69, 9.17) is 0 Å². The average Bonchev–Trinajstić information content (AvgIpc) is 3.19. The van der Waals surface area contributed by atoms with Crippen molar-refractivity contribution in [2.24, 2.45) is 13.0 Å². The Kier molecular flexibility index (Phi) is 6.92. The fourth-order valence-electron chi connectivity index (χ4n) is 4.50. The third-order valence-electron chi connectivity index (χ3n) is 6.23. The zero-order valence-electron chi connectivity index (χ0n) is 19.7. The van der Waals surface area contributed by atoms with E-state index < -0.39 is 0 Å². The molecular weight excluding hydrogens is 412 g/mol. The second-order valence-electron chi connectivity index (χ2n) is 8.97. The van der Waals surface area contributed by atoms with Gasteiger partial charge in [0.1, 0.15) is 5.69 Å². The summed E-state index contributed by atoms with van der Waals surface area (Å²) in [6.45, 7) is 6.39. The van der Waals surface area contributed by atoms with Gasteiger partial charge < -0.3 is 14.4 Å². The Morgan fingerprint density at radius 3 is 2.55 bits per heavy atom. The minimum Gasteiger partial charge on any atom is -0.341 e. The molecule has 1 aliphatic rings. The minimum atomic E-state index is -0.267. The van der Waals surface area contributed by atoms with Crippen molar-refractivity contribution in [3.8, 4) is 11.1 Å². The zero-order valence-corrected chi connectivity index (χ0v) is 19.7. The number of amides is 2. The molecule has 1 atom stereocenters. The number of rotatable bonds is 6. The summed E-state index contributed by atoms with van der Waals surface area (Å²) in [6, 6.07) is 16.9. The van der Waals surface area contributed by atoms with Crippen molar-refractivity contribution >= 4 is 11.8 Å². The zero-order chi connectivity index (χ0) is 23.4. The summed E-state index contributed by atoms with van der Waals surface area (Å²) in [5, 5.41) is 0. The van der Waals surface area contributed by atoms with Crippen molar-refractivity contribution in [3.05, 3.63) is 77.9 Å². The molecule has 3 aromatic rings. The van der Waals surface area contributed by atoms with Crippen LogP contribution in [0.4, 0.5) is 0 Å². The fourth-order valence-corrected chi connectivity index (χ4v) is 4.50. The monoisotopic (exact) mass is 444 g/mol. The predicted octanol–water partition coefficient (Wildman–Crippen LogP) is 3.95. The quantitative estimate of drug-likeness (QED) is 0.579. The van der Waals surface area contributed by atoms with E-state index >= 15 is 0 Å². The second-order valence-corrected chi connectivity index (χ2v) is 8.97. The predicted molar refractivity (Wildman–Crippen MR) is 130 cm³/mol. The molecule has 4 rings (SSSR count). The molecule has 2 heterocycles. The van der Waals surface area contributed by atoms with E-state index in [9.17, 15) is 9.59 Å².